The van der Waals surface area contributed by atoms with E-state index in [2.05, 4.69) is 35.6 Å². The Balaban J connectivity index is 1.72. The lowest BCUT2D eigenvalue weighted by molar-refractivity contribution is 0.275. The largest absolute Gasteiger partial charge is 0.364 e. The Labute approximate surface area is 126 Å². The monoisotopic (exact) mass is 285 g/mol. The zero-order valence-electron chi connectivity index (χ0n) is 12.3. The van der Waals surface area contributed by atoms with Crippen molar-refractivity contribution in [3.63, 3.8) is 0 Å². The Kier molecular flexibility index (Phi) is 3.30. The average molecular weight is 285 g/mol. The molecular formula is C18H23NS. The first-order valence-electron chi connectivity index (χ1n) is 7.99. The minimum atomic E-state index is 0.854. The Morgan fingerprint density at radius 2 is 2.05 bits per heavy atom. The van der Waals surface area contributed by atoms with Gasteiger partial charge in [0.25, 0.3) is 0 Å². The molecule has 0 spiro atoms. The van der Waals surface area contributed by atoms with Crippen LogP contribution in [0, 0.1) is 5.92 Å². The Morgan fingerprint density at radius 1 is 1.15 bits per heavy atom. The highest BCUT2D eigenvalue weighted by atomic mass is 32.2. The molecule has 0 N–H and O–H groups in total. The third-order valence-corrected chi connectivity index (χ3v) is 6.34. The fourth-order valence-electron chi connectivity index (χ4n) is 4.31. The normalized spacial score (nSPS) is 28.9. The predicted octanol–water partition coefficient (Wildman–Crippen LogP) is 4.84. The van der Waals surface area contributed by atoms with Crippen LogP contribution in [-0.2, 0) is 6.42 Å². The highest BCUT2D eigenvalue weighted by Crippen LogP contribution is 2.46. The molecule has 2 atom stereocenters. The van der Waals surface area contributed by atoms with Crippen molar-refractivity contribution in [2.45, 2.75) is 44.4 Å². The van der Waals surface area contributed by atoms with E-state index in [1.165, 1.54) is 49.8 Å². The van der Waals surface area contributed by atoms with Gasteiger partial charge in [0.05, 0.1) is 11.6 Å². The van der Waals surface area contributed by atoms with Crippen LogP contribution in [0.1, 0.15) is 54.7 Å². The molecule has 20 heavy (non-hydrogen) atoms. The van der Waals surface area contributed by atoms with E-state index in [4.69, 9.17) is 0 Å². The van der Waals surface area contributed by atoms with Gasteiger partial charge in [-0.25, -0.2) is 0 Å². The third kappa shape index (κ3) is 2.09. The van der Waals surface area contributed by atoms with Crippen LogP contribution >= 0.6 is 11.8 Å². The highest BCUT2D eigenvalue weighted by molar-refractivity contribution is 8.02. The molecule has 0 radical (unpaired) electrons. The van der Waals surface area contributed by atoms with Crippen LogP contribution in [0.2, 0.25) is 0 Å². The maximum Gasteiger partial charge on any atom is 0.0677 e. The fourth-order valence-corrected chi connectivity index (χ4v) is 5.22. The molecule has 106 valence electrons. The van der Waals surface area contributed by atoms with Gasteiger partial charge in [-0.1, -0.05) is 25.0 Å². The molecule has 1 aliphatic heterocycles. The second-order valence-electron chi connectivity index (χ2n) is 6.60. The molecule has 1 aromatic rings. The predicted molar refractivity (Wildman–Crippen MR) is 87.7 cm³/mol. The van der Waals surface area contributed by atoms with Gasteiger partial charge in [-0.2, -0.15) is 0 Å². The molecule has 2 unspecified atom stereocenters. The molecule has 0 amide bonds. The van der Waals surface area contributed by atoms with Gasteiger partial charge >= 0.3 is 0 Å². The van der Waals surface area contributed by atoms with Gasteiger partial charge in [0.2, 0.25) is 0 Å². The molecular weight excluding hydrogens is 262 g/mol. The van der Waals surface area contributed by atoms with Crippen molar-refractivity contribution in [1.29, 1.82) is 0 Å². The van der Waals surface area contributed by atoms with Crippen molar-refractivity contribution in [2.75, 3.05) is 12.9 Å². The van der Waals surface area contributed by atoms with E-state index in [0.29, 0.717) is 0 Å². The van der Waals surface area contributed by atoms with Crippen molar-refractivity contribution in [2.24, 2.45) is 5.92 Å². The van der Waals surface area contributed by atoms with Crippen molar-refractivity contribution < 1.29 is 0 Å². The summed E-state index contributed by atoms with van der Waals surface area (Å²) in [5.74, 6) is 2.92. The number of fused-ring (bicyclic) bond motifs is 3. The molecule has 0 bridgehead atoms. The summed E-state index contributed by atoms with van der Waals surface area (Å²) < 4.78 is 0. The van der Waals surface area contributed by atoms with E-state index in [1.54, 1.807) is 11.1 Å². The number of nitrogens with zero attached hydrogens (tertiary/aromatic N) is 1. The second-order valence-corrected chi connectivity index (χ2v) is 7.43. The first kappa shape index (κ1) is 12.8. The molecule has 1 aromatic carbocycles. The lowest BCUT2D eigenvalue weighted by Crippen LogP contribution is -2.24. The summed E-state index contributed by atoms with van der Waals surface area (Å²) in [4.78, 5) is 2.37. The minimum Gasteiger partial charge on any atom is -0.364 e. The van der Waals surface area contributed by atoms with Gasteiger partial charge in [-0.3, -0.25) is 0 Å². The summed E-state index contributed by atoms with van der Waals surface area (Å²) in [5, 5.41) is 2.32. The zero-order valence-corrected chi connectivity index (χ0v) is 13.1. The average Bonchev–Trinajstić information content (AvgIpc) is 2.93. The summed E-state index contributed by atoms with van der Waals surface area (Å²) in [6, 6.07) is 7.27. The Morgan fingerprint density at radius 3 is 2.90 bits per heavy atom. The van der Waals surface area contributed by atoms with Crippen molar-refractivity contribution in [3.05, 3.63) is 40.3 Å². The molecule has 3 aliphatic rings. The van der Waals surface area contributed by atoms with Crippen molar-refractivity contribution in [3.8, 4) is 0 Å². The van der Waals surface area contributed by atoms with Crippen molar-refractivity contribution in [1.82, 2.24) is 4.90 Å². The molecule has 1 fully saturated rings. The van der Waals surface area contributed by atoms with Gasteiger partial charge in [-0.05, 0) is 65.7 Å². The number of hydrogen-bond donors (Lipinski definition) is 0. The minimum absolute atomic E-state index is 0.854. The lowest BCUT2D eigenvalue weighted by atomic mass is 9.68. The Hall–Kier alpha value is -0.890. The van der Waals surface area contributed by atoms with E-state index in [0.717, 1.165) is 17.7 Å². The molecule has 4 rings (SSSR count). The van der Waals surface area contributed by atoms with Crippen LogP contribution < -0.4 is 0 Å². The van der Waals surface area contributed by atoms with Gasteiger partial charge in [0.15, 0.2) is 0 Å². The molecule has 2 heteroatoms. The number of benzene rings is 1. The standard InChI is InChI=1S/C18H23NS/c1-19-12-20-11-18(19)15-9-8-14-7-6-13-4-2-3-5-16(13)17(14)10-15/h8-11,13,16H,2-7,12H2,1H3. The first-order chi connectivity index (χ1) is 9.83. The highest BCUT2D eigenvalue weighted by Gasteiger charge is 2.31. The maximum absolute atomic E-state index is 2.52. The van der Waals surface area contributed by atoms with Gasteiger partial charge < -0.3 is 4.90 Å². The lowest BCUT2D eigenvalue weighted by Gasteiger charge is -2.37. The van der Waals surface area contributed by atoms with E-state index in [9.17, 15) is 0 Å². The van der Waals surface area contributed by atoms with Crippen LogP contribution in [-0.4, -0.2) is 17.8 Å². The maximum atomic E-state index is 2.52. The molecule has 1 nitrogen and oxygen atoms in total. The quantitative estimate of drug-likeness (QED) is 0.726. The van der Waals surface area contributed by atoms with E-state index >= 15 is 0 Å². The van der Waals surface area contributed by atoms with Crippen molar-refractivity contribution >= 4 is 17.5 Å². The third-order valence-electron chi connectivity index (χ3n) is 5.41. The summed E-state index contributed by atoms with van der Waals surface area (Å²) >= 11 is 1.91. The zero-order chi connectivity index (χ0) is 13.5. The van der Waals surface area contributed by atoms with Crippen LogP contribution in [0.15, 0.2) is 23.6 Å². The fraction of sp³-hybridized carbons (Fsp3) is 0.556. The number of thioether (sulfide) groups is 1. The molecule has 1 saturated carbocycles. The molecule has 1 heterocycles. The van der Waals surface area contributed by atoms with Crippen LogP contribution in [0.25, 0.3) is 5.70 Å². The SMILES string of the molecule is CN1CSC=C1c1ccc2c(c1)C1CCCCC1CC2. The summed E-state index contributed by atoms with van der Waals surface area (Å²) in [6.07, 6.45) is 8.51. The van der Waals surface area contributed by atoms with Crippen LogP contribution in [0.4, 0.5) is 0 Å². The van der Waals surface area contributed by atoms with Gasteiger partial charge in [-0.15, -0.1) is 11.8 Å². The topological polar surface area (TPSA) is 3.24 Å². The smallest absolute Gasteiger partial charge is 0.0677 e. The number of rotatable bonds is 1. The number of hydrogen-bond acceptors (Lipinski definition) is 2. The van der Waals surface area contributed by atoms with E-state index < -0.39 is 0 Å². The molecule has 0 saturated heterocycles. The van der Waals surface area contributed by atoms with E-state index in [1.807, 2.05) is 11.8 Å². The summed E-state index contributed by atoms with van der Waals surface area (Å²) in [5.41, 5.74) is 6.16. The molecule has 2 aliphatic carbocycles. The van der Waals surface area contributed by atoms with Gasteiger partial charge in [0, 0.05) is 7.05 Å². The molecule has 0 aromatic heterocycles. The second kappa shape index (κ2) is 5.14. The summed E-state index contributed by atoms with van der Waals surface area (Å²) in [7, 11) is 2.20. The summed E-state index contributed by atoms with van der Waals surface area (Å²) in [6.45, 7) is 0. The van der Waals surface area contributed by atoms with Crippen LogP contribution in [0.5, 0.6) is 0 Å². The number of aryl methyl sites for hydroxylation is 1. The first-order valence-corrected chi connectivity index (χ1v) is 9.04. The van der Waals surface area contributed by atoms with Crippen LogP contribution in [0.3, 0.4) is 0 Å². The van der Waals surface area contributed by atoms with E-state index in [-0.39, 0.29) is 0 Å². The Bertz CT molecular complexity index is 548. The van der Waals surface area contributed by atoms with Gasteiger partial charge in [0.1, 0.15) is 0 Å².